The molecule has 0 saturated heterocycles. The normalized spacial score (nSPS) is 20.1. The van der Waals surface area contributed by atoms with Crippen molar-refractivity contribution in [1.82, 2.24) is 0 Å². The maximum Gasteiger partial charge on any atom is 0.320 e. The van der Waals surface area contributed by atoms with Gasteiger partial charge < -0.3 is 9.47 Å². The number of hydrogen-bond donors (Lipinski definition) is 0. The Labute approximate surface area is 97.6 Å². The summed E-state index contributed by atoms with van der Waals surface area (Å²) in [6.45, 7) is 2.15. The van der Waals surface area contributed by atoms with Crippen LogP contribution in [0.4, 0.5) is 0 Å². The number of halogens is 1. The molecule has 0 fully saturated rings. The molecule has 0 saturated carbocycles. The van der Waals surface area contributed by atoms with Crippen LogP contribution in [0, 0.1) is 5.92 Å². The molecule has 0 heterocycles. The number of ether oxygens (including phenoxy) is 2. The molecule has 0 radical (unpaired) electrons. The number of esters is 1. The molecule has 4 heteroatoms. The molecule has 15 heavy (non-hydrogen) atoms. The molecule has 3 nitrogen and oxygen atoms in total. The van der Waals surface area contributed by atoms with Gasteiger partial charge in [0.2, 0.25) is 0 Å². The average molecular weight is 273 g/mol. The van der Waals surface area contributed by atoms with Gasteiger partial charge in [-0.1, -0.05) is 28.1 Å². The van der Waals surface area contributed by atoms with Gasteiger partial charge in [0, 0.05) is 4.48 Å². The van der Waals surface area contributed by atoms with Gasteiger partial charge in [0.1, 0.15) is 11.7 Å². The molecule has 0 aromatic rings. The number of methoxy groups -OCH3 is 1. The van der Waals surface area contributed by atoms with E-state index in [-0.39, 0.29) is 5.97 Å². The van der Waals surface area contributed by atoms with Crippen LogP contribution in [0.5, 0.6) is 0 Å². The van der Waals surface area contributed by atoms with Gasteiger partial charge in [-0.2, -0.15) is 0 Å². The Hall–Kier alpha value is -1.03. The van der Waals surface area contributed by atoms with E-state index >= 15 is 0 Å². The maximum absolute atomic E-state index is 11.6. The summed E-state index contributed by atoms with van der Waals surface area (Å²) >= 11 is 3.33. The second-order valence-electron chi connectivity index (χ2n) is 2.91. The summed E-state index contributed by atoms with van der Waals surface area (Å²) in [6.07, 6.45) is 7.14. The molecule has 0 amide bonds. The molecule has 0 bridgehead atoms. The first-order valence-corrected chi connectivity index (χ1v) is 5.44. The predicted octanol–water partition coefficient (Wildman–Crippen LogP) is 2.54. The molecule has 1 aliphatic carbocycles. The number of hydrogen-bond acceptors (Lipinski definition) is 3. The van der Waals surface area contributed by atoms with E-state index in [4.69, 9.17) is 9.47 Å². The van der Waals surface area contributed by atoms with E-state index < -0.39 is 5.92 Å². The quantitative estimate of drug-likeness (QED) is 0.741. The van der Waals surface area contributed by atoms with Gasteiger partial charge in [-0.25, -0.2) is 0 Å². The fourth-order valence-electron chi connectivity index (χ4n) is 1.23. The molecule has 1 aliphatic rings. The smallest absolute Gasteiger partial charge is 0.320 e. The van der Waals surface area contributed by atoms with Crippen molar-refractivity contribution in [3.63, 3.8) is 0 Å². The summed E-state index contributed by atoms with van der Waals surface area (Å²) in [5.41, 5.74) is 0. The Balaban J connectivity index is 2.88. The van der Waals surface area contributed by atoms with Crippen molar-refractivity contribution >= 4 is 21.9 Å². The van der Waals surface area contributed by atoms with Crippen molar-refractivity contribution in [2.45, 2.75) is 6.92 Å². The number of rotatable bonds is 3. The third kappa shape index (κ3) is 3.23. The van der Waals surface area contributed by atoms with Crippen molar-refractivity contribution in [2.24, 2.45) is 5.92 Å². The lowest BCUT2D eigenvalue weighted by molar-refractivity contribution is -0.146. The first-order valence-electron chi connectivity index (χ1n) is 4.65. The molecular formula is C11H13BrO3. The highest BCUT2D eigenvalue weighted by Crippen LogP contribution is 2.22. The van der Waals surface area contributed by atoms with Crippen molar-refractivity contribution in [2.75, 3.05) is 13.7 Å². The molecule has 0 aliphatic heterocycles. The van der Waals surface area contributed by atoms with Gasteiger partial charge in [0.25, 0.3) is 0 Å². The third-order valence-electron chi connectivity index (χ3n) is 1.94. The van der Waals surface area contributed by atoms with Crippen molar-refractivity contribution in [3.8, 4) is 0 Å². The second kappa shape index (κ2) is 5.75. The first kappa shape index (κ1) is 12.0. The molecule has 82 valence electrons. The lowest BCUT2D eigenvalue weighted by Crippen LogP contribution is -2.18. The summed E-state index contributed by atoms with van der Waals surface area (Å²) in [7, 11) is 1.54. The van der Waals surface area contributed by atoms with Crippen molar-refractivity contribution in [1.29, 1.82) is 0 Å². The summed E-state index contributed by atoms with van der Waals surface area (Å²) in [5.74, 6) is -0.169. The van der Waals surface area contributed by atoms with Gasteiger partial charge in [-0.15, -0.1) is 0 Å². The van der Waals surface area contributed by atoms with E-state index in [1.54, 1.807) is 26.2 Å². The topological polar surface area (TPSA) is 35.5 Å². The van der Waals surface area contributed by atoms with Crippen LogP contribution in [0.25, 0.3) is 0 Å². The van der Waals surface area contributed by atoms with E-state index in [2.05, 4.69) is 15.9 Å². The molecular weight excluding hydrogens is 260 g/mol. The van der Waals surface area contributed by atoms with Gasteiger partial charge in [0.15, 0.2) is 0 Å². The van der Waals surface area contributed by atoms with Crippen molar-refractivity contribution in [3.05, 3.63) is 34.5 Å². The maximum atomic E-state index is 11.6. The summed E-state index contributed by atoms with van der Waals surface area (Å²) in [6, 6.07) is 0. The Morgan fingerprint density at radius 1 is 1.53 bits per heavy atom. The first-order chi connectivity index (χ1) is 7.19. The fraction of sp³-hybridized carbons (Fsp3) is 0.364. The van der Waals surface area contributed by atoms with E-state index in [0.29, 0.717) is 12.4 Å². The Morgan fingerprint density at radius 3 is 2.87 bits per heavy atom. The second-order valence-corrected chi connectivity index (χ2v) is 3.83. The largest absolute Gasteiger partial charge is 0.500 e. The van der Waals surface area contributed by atoms with Gasteiger partial charge in [-0.3, -0.25) is 4.79 Å². The summed E-state index contributed by atoms with van der Waals surface area (Å²) < 4.78 is 11.0. The fourth-order valence-corrected chi connectivity index (χ4v) is 1.51. The third-order valence-corrected chi connectivity index (χ3v) is 2.47. The van der Waals surface area contributed by atoms with E-state index in [0.717, 1.165) is 4.48 Å². The van der Waals surface area contributed by atoms with Crippen LogP contribution in [-0.2, 0) is 14.3 Å². The van der Waals surface area contributed by atoms with Gasteiger partial charge in [0.05, 0.1) is 13.7 Å². The Morgan fingerprint density at radius 2 is 2.27 bits per heavy atom. The van der Waals surface area contributed by atoms with Crippen LogP contribution < -0.4 is 0 Å². The van der Waals surface area contributed by atoms with Gasteiger partial charge in [-0.05, 0) is 19.1 Å². The van der Waals surface area contributed by atoms with Crippen LogP contribution in [0.2, 0.25) is 0 Å². The van der Waals surface area contributed by atoms with E-state index in [1.165, 1.54) is 0 Å². The van der Waals surface area contributed by atoms with Crippen LogP contribution >= 0.6 is 15.9 Å². The van der Waals surface area contributed by atoms with E-state index in [9.17, 15) is 4.79 Å². The minimum absolute atomic E-state index is 0.294. The Kier molecular flexibility index (Phi) is 4.62. The monoisotopic (exact) mass is 272 g/mol. The minimum atomic E-state index is -0.457. The lowest BCUT2D eigenvalue weighted by Gasteiger charge is -2.13. The zero-order chi connectivity index (χ0) is 11.3. The van der Waals surface area contributed by atoms with Crippen LogP contribution in [0.3, 0.4) is 0 Å². The minimum Gasteiger partial charge on any atom is -0.500 e. The summed E-state index contributed by atoms with van der Waals surface area (Å²) in [5, 5.41) is 0. The van der Waals surface area contributed by atoms with Crippen molar-refractivity contribution < 1.29 is 14.3 Å². The van der Waals surface area contributed by atoms with Crippen LogP contribution in [-0.4, -0.2) is 19.7 Å². The molecule has 0 N–H and O–H groups in total. The molecule has 1 unspecified atom stereocenters. The zero-order valence-electron chi connectivity index (χ0n) is 8.70. The molecule has 1 atom stereocenters. The highest BCUT2D eigenvalue weighted by Gasteiger charge is 2.23. The predicted molar refractivity (Wildman–Crippen MR) is 61.4 cm³/mol. The SMILES string of the molecule is CCOC(=O)C1C=CC(Br)=CC=C1OC. The standard InChI is InChI=1S/C11H13BrO3/c1-3-15-11(13)9-6-4-8(12)5-7-10(9)14-2/h4-7,9H,3H2,1-2H3. The number of carbonyl (C=O) groups is 1. The molecule has 0 aromatic heterocycles. The van der Waals surface area contributed by atoms with Crippen LogP contribution in [0.15, 0.2) is 34.5 Å². The average Bonchev–Trinajstić information content (AvgIpc) is 2.40. The number of allylic oxidation sites excluding steroid dienone is 4. The zero-order valence-corrected chi connectivity index (χ0v) is 10.3. The van der Waals surface area contributed by atoms with Gasteiger partial charge >= 0.3 is 5.97 Å². The molecule has 0 aromatic carbocycles. The molecule has 1 rings (SSSR count). The number of carbonyl (C=O) groups excluding carboxylic acids is 1. The van der Waals surface area contributed by atoms with Crippen LogP contribution in [0.1, 0.15) is 6.92 Å². The summed E-state index contributed by atoms with van der Waals surface area (Å²) in [4.78, 5) is 11.6. The van der Waals surface area contributed by atoms with E-state index in [1.807, 2.05) is 12.2 Å². The lowest BCUT2D eigenvalue weighted by atomic mass is 10.1. The highest BCUT2D eigenvalue weighted by atomic mass is 79.9. The highest BCUT2D eigenvalue weighted by molar-refractivity contribution is 9.11. The Bertz CT molecular complexity index is 329. The molecule has 0 spiro atoms.